The average molecular weight is 247 g/mol. The van der Waals surface area contributed by atoms with Crippen molar-refractivity contribution in [1.82, 2.24) is 5.32 Å². The van der Waals surface area contributed by atoms with E-state index in [1.165, 1.54) is 44.1 Å². The van der Waals surface area contributed by atoms with E-state index in [-0.39, 0.29) is 0 Å². The van der Waals surface area contributed by atoms with Crippen molar-refractivity contribution in [3.8, 4) is 5.75 Å². The zero-order valence-corrected chi connectivity index (χ0v) is 11.7. The highest BCUT2D eigenvalue weighted by atomic mass is 16.5. The number of hydrogen-bond acceptors (Lipinski definition) is 2. The minimum absolute atomic E-state index is 0.331. The van der Waals surface area contributed by atoms with Gasteiger partial charge in [-0.1, -0.05) is 37.8 Å². The smallest absolute Gasteiger partial charge is 0.118 e. The maximum Gasteiger partial charge on any atom is 0.118 e. The monoisotopic (exact) mass is 247 g/mol. The van der Waals surface area contributed by atoms with Gasteiger partial charge in [0.2, 0.25) is 0 Å². The van der Waals surface area contributed by atoms with Gasteiger partial charge >= 0.3 is 0 Å². The third-order valence-electron chi connectivity index (χ3n) is 4.28. The van der Waals surface area contributed by atoms with Crippen molar-refractivity contribution < 1.29 is 4.74 Å². The van der Waals surface area contributed by atoms with E-state index in [9.17, 15) is 0 Å². The molecule has 18 heavy (non-hydrogen) atoms. The largest absolute Gasteiger partial charge is 0.497 e. The van der Waals surface area contributed by atoms with Crippen molar-refractivity contribution in [1.29, 1.82) is 0 Å². The van der Waals surface area contributed by atoms with E-state index in [1.807, 2.05) is 0 Å². The zero-order valence-electron chi connectivity index (χ0n) is 11.7. The molecule has 100 valence electrons. The van der Waals surface area contributed by atoms with Crippen LogP contribution in [0.1, 0.15) is 44.1 Å². The second-order valence-corrected chi connectivity index (χ2v) is 5.45. The van der Waals surface area contributed by atoms with Gasteiger partial charge < -0.3 is 10.1 Å². The van der Waals surface area contributed by atoms with Gasteiger partial charge in [0, 0.05) is 12.0 Å². The molecule has 1 aliphatic carbocycles. The van der Waals surface area contributed by atoms with E-state index in [0.717, 1.165) is 12.3 Å². The van der Waals surface area contributed by atoms with Crippen LogP contribution in [0.5, 0.6) is 5.75 Å². The Morgan fingerprint density at radius 3 is 2.17 bits per heavy atom. The predicted molar refractivity (Wildman–Crippen MR) is 76.3 cm³/mol. The minimum atomic E-state index is 0.331. The molecule has 0 atom stereocenters. The van der Waals surface area contributed by atoms with Crippen LogP contribution < -0.4 is 10.1 Å². The Morgan fingerprint density at radius 2 is 1.67 bits per heavy atom. The first kappa shape index (κ1) is 13.4. The van der Waals surface area contributed by atoms with Gasteiger partial charge in [-0.05, 0) is 37.6 Å². The lowest BCUT2D eigenvalue weighted by atomic mass is 9.74. The SMILES string of the molecule is CNCC1(c2ccc(OC)cc2)CCCCCC1. The molecule has 0 saturated heterocycles. The second-order valence-electron chi connectivity index (χ2n) is 5.45. The fourth-order valence-corrected chi connectivity index (χ4v) is 3.26. The molecule has 0 unspecified atom stereocenters. The third kappa shape index (κ3) is 2.86. The molecule has 1 fully saturated rings. The first-order valence-corrected chi connectivity index (χ1v) is 7.10. The van der Waals surface area contributed by atoms with Crippen molar-refractivity contribution >= 4 is 0 Å². The number of hydrogen-bond donors (Lipinski definition) is 1. The summed E-state index contributed by atoms with van der Waals surface area (Å²) in [5.41, 5.74) is 1.80. The van der Waals surface area contributed by atoms with E-state index in [0.29, 0.717) is 5.41 Å². The minimum Gasteiger partial charge on any atom is -0.497 e. The molecule has 1 aliphatic rings. The molecular formula is C16H25NO. The van der Waals surface area contributed by atoms with Crippen molar-refractivity contribution in [2.24, 2.45) is 0 Å². The Hall–Kier alpha value is -1.02. The normalized spacial score (nSPS) is 19.2. The van der Waals surface area contributed by atoms with E-state index < -0.39 is 0 Å². The fourth-order valence-electron chi connectivity index (χ4n) is 3.26. The third-order valence-corrected chi connectivity index (χ3v) is 4.28. The summed E-state index contributed by atoms with van der Waals surface area (Å²) in [6.07, 6.45) is 8.10. The van der Waals surface area contributed by atoms with Gasteiger partial charge in [0.1, 0.15) is 5.75 Å². The summed E-state index contributed by atoms with van der Waals surface area (Å²) in [5, 5.41) is 3.40. The van der Waals surface area contributed by atoms with Gasteiger partial charge in [-0.3, -0.25) is 0 Å². The van der Waals surface area contributed by atoms with Crippen molar-refractivity contribution in [2.45, 2.75) is 43.9 Å². The summed E-state index contributed by atoms with van der Waals surface area (Å²) in [6.45, 7) is 1.08. The summed E-state index contributed by atoms with van der Waals surface area (Å²) in [5.74, 6) is 0.951. The van der Waals surface area contributed by atoms with E-state index in [1.54, 1.807) is 7.11 Å². The van der Waals surface area contributed by atoms with Crippen LogP contribution in [0.4, 0.5) is 0 Å². The van der Waals surface area contributed by atoms with E-state index in [2.05, 4.69) is 36.6 Å². The molecule has 0 heterocycles. The number of methoxy groups -OCH3 is 1. The second kappa shape index (κ2) is 6.24. The average Bonchev–Trinajstić information content (AvgIpc) is 2.66. The molecule has 1 N–H and O–H groups in total. The molecule has 0 aromatic heterocycles. The number of rotatable bonds is 4. The number of benzene rings is 1. The first-order valence-electron chi connectivity index (χ1n) is 7.10. The van der Waals surface area contributed by atoms with Crippen LogP contribution >= 0.6 is 0 Å². The number of likely N-dealkylation sites (N-methyl/N-ethyl adjacent to an activating group) is 1. The standard InChI is InChI=1S/C16H25NO/c1-17-13-16(11-5-3-4-6-12-16)14-7-9-15(18-2)10-8-14/h7-10,17H,3-6,11-13H2,1-2H3. The highest BCUT2D eigenvalue weighted by Gasteiger charge is 2.31. The maximum absolute atomic E-state index is 5.26. The zero-order chi connectivity index (χ0) is 12.8. The van der Waals surface area contributed by atoms with Crippen molar-refractivity contribution in [2.75, 3.05) is 20.7 Å². The summed E-state index contributed by atoms with van der Waals surface area (Å²) in [6, 6.07) is 8.69. The predicted octanol–water partition coefficient (Wildman–Crippen LogP) is 3.51. The Bertz CT molecular complexity index is 350. The van der Waals surface area contributed by atoms with Crippen LogP contribution in [0, 0.1) is 0 Å². The molecule has 0 bridgehead atoms. The topological polar surface area (TPSA) is 21.3 Å². The lowest BCUT2D eigenvalue weighted by Gasteiger charge is -2.33. The molecule has 0 spiro atoms. The van der Waals surface area contributed by atoms with Crippen LogP contribution in [0.2, 0.25) is 0 Å². The Balaban J connectivity index is 2.26. The molecule has 0 amide bonds. The Labute approximate surface area is 111 Å². The van der Waals surface area contributed by atoms with Crippen LogP contribution in [0.15, 0.2) is 24.3 Å². The van der Waals surface area contributed by atoms with Crippen molar-refractivity contribution in [3.63, 3.8) is 0 Å². The van der Waals surface area contributed by atoms with Crippen LogP contribution in [-0.2, 0) is 5.41 Å². The highest BCUT2D eigenvalue weighted by Crippen LogP contribution is 2.38. The van der Waals surface area contributed by atoms with Crippen LogP contribution in [0.25, 0.3) is 0 Å². The van der Waals surface area contributed by atoms with Crippen molar-refractivity contribution in [3.05, 3.63) is 29.8 Å². The molecular weight excluding hydrogens is 222 g/mol. The summed E-state index contributed by atoms with van der Waals surface area (Å²) in [4.78, 5) is 0. The molecule has 0 radical (unpaired) electrons. The fraction of sp³-hybridized carbons (Fsp3) is 0.625. The Morgan fingerprint density at radius 1 is 1.06 bits per heavy atom. The quantitative estimate of drug-likeness (QED) is 0.822. The molecule has 2 rings (SSSR count). The molecule has 2 heteroatoms. The number of nitrogens with one attached hydrogen (secondary N) is 1. The molecule has 0 aliphatic heterocycles. The Kier molecular flexibility index (Phi) is 4.65. The van der Waals surface area contributed by atoms with E-state index in [4.69, 9.17) is 4.74 Å². The summed E-state index contributed by atoms with van der Waals surface area (Å²) in [7, 11) is 3.79. The molecule has 1 saturated carbocycles. The van der Waals surface area contributed by atoms with E-state index >= 15 is 0 Å². The van der Waals surface area contributed by atoms with Crippen LogP contribution in [-0.4, -0.2) is 20.7 Å². The molecule has 1 aromatic rings. The maximum atomic E-state index is 5.26. The lowest BCUT2D eigenvalue weighted by molar-refractivity contribution is 0.356. The lowest BCUT2D eigenvalue weighted by Crippen LogP contribution is -2.36. The molecule has 2 nitrogen and oxygen atoms in total. The highest BCUT2D eigenvalue weighted by molar-refractivity contribution is 5.33. The number of ether oxygens (including phenoxy) is 1. The van der Waals surface area contributed by atoms with Gasteiger partial charge in [0.15, 0.2) is 0 Å². The van der Waals surface area contributed by atoms with Gasteiger partial charge in [-0.2, -0.15) is 0 Å². The van der Waals surface area contributed by atoms with Gasteiger partial charge in [-0.15, -0.1) is 0 Å². The van der Waals surface area contributed by atoms with Gasteiger partial charge in [-0.25, -0.2) is 0 Å². The summed E-state index contributed by atoms with van der Waals surface area (Å²) >= 11 is 0. The summed E-state index contributed by atoms with van der Waals surface area (Å²) < 4.78 is 5.26. The van der Waals surface area contributed by atoms with Gasteiger partial charge in [0.05, 0.1) is 7.11 Å². The molecule has 1 aromatic carbocycles. The van der Waals surface area contributed by atoms with Gasteiger partial charge in [0.25, 0.3) is 0 Å². The first-order chi connectivity index (χ1) is 8.80. The van der Waals surface area contributed by atoms with Crippen LogP contribution in [0.3, 0.4) is 0 Å².